The highest BCUT2D eigenvalue weighted by atomic mass is 16.3. The minimum atomic E-state index is -1.95. The van der Waals surface area contributed by atoms with Gasteiger partial charge in [0.15, 0.2) is 11.6 Å². The summed E-state index contributed by atoms with van der Waals surface area (Å²) >= 11 is 0. The molecule has 0 bridgehead atoms. The molecule has 4 aliphatic carbocycles. The standard InChI is InChI=1S/C30H44O7/c1-25(2,36)12-11-21(33)30(8,37)23-19(32)14-27(5)20-10-9-16-17(13-18(31)24(35)26(16,3)4)29(20,7)22(34)15-28(23,27)6/h9,11-12,17,19-20,23-24,32,35-37H,10,13-15H2,1-8H3/t17-,19-,20+,23+,24?,27+,28-,29+,30+/m1/s1. The van der Waals surface area contributed by atoms with Crippen LogP contribution in [-0.2, 0) is 14.4 Å². The quantitative estimate of drug-likeness (QED) is 0.334. The SMILES string of the molecule is CC(C)(O)C=CC(=O)[C@](C)(O)[C@H]1[C@H](O)C[C@@]2(C)[C@@H]3CC=C4[C@@H](CC(=O)C(O)C4(C)C)[C@]3(C)C(=O)C[C@]12C. The molecule has 0 amide bonds. The van der Waals surface area contributed by atoms with E-state index < -0.39 is 56.8 Å². The zero-order valence-corrected chi connectivity index (χ0v) is 23.5. The van der Waals surface area contributed by atoms with E-state index in [0.717, 1.165) is 11.6 Å². The number of rotatable bonds is 4. The van der Waals surface area contributed by atoms with Gasteiger partial charge in [0.1, 0.15) is 17.5 Å². The van der Waals surface area contributed by atoms with Gasteiger partial charge in [0.25, 0.3) is 0 Å². The van der Waals surface area contributed by atoms with Gasteiger partial charge in [-0.1, -0.05) is 52.3 Å². The number of allylic oxidation sites excluding steroid dienone is 1. The van der Waals surface area contributed by atoms with E-state index in [2.05, 4.69) is 13.0 Å². The van der Waals surface area contributed by atoms with Crippen molar-refractivity contribution in [3.8, 4) is 0 Å². The second kappa shape index (κ2) is 8.17. The van der Waals surface area contributed by atoms with Crippen LogP contribution in [-0.4, -0.2) is 61.2 Å². The predicted molar refractivity (Wildman–Crippen MR) is 138 cm³/mol. The maximum Gasteiger partial charge on any atom is 0.187 e. The minimum Gasteiger partial charge on any atom is -0.393 e. The van der Waals surface area contributed by atoms with Gasteiger partial charge in [-0.15, -0.1) is 0 Å². The summed E-state index contributed by atoms with van der Waals surface area (Å²) in [5.74, 6) is -2.34. The van der Waals surface area contributed by atoms with E-state index >= 15 is 0 Å². The van der Waals surface area contributed by atoms with E-state index in [9.17, 15) is 34.8 Å². The molecule has 7 nitrogen and oxygen atoms in total. The van der Waals surface area contributed by atoms with Crippen LogP contribution in [0.15, 0.2) is 23.8 Å². The molecule has 3 fully saturated rings. The third kappa shape index (κ3) is 3.71. The summed E-state index contributed by atoms with van der Waals surface area (Å²) in [6.07, 6.45) is 3.49. The van der Waals surface area contributed by atoms with Crippen molar-refractivity contribution in [2.45, 2.75) is 104 Å². The molecule has 0 spiro atoms. The molecular weight excluding hydrogens is 472 g/mol. The lowest BCUT2D eigenvalue weighted by Gasteiger charge is -2.64. The fraction of sp³-hybridized carbons (Fsp3) is 0.767. The first-order valence-electron chi connectivity index (χ1n) is 13.5. The largest absolute Gasteiger partial charge is 0.393 e. The molecule has 4 aliphatic rings. The van der Waals surface area contributed by atoms with Crippen LogP contribution in [0, 0.1) is 39.4 Å². The Kier molecular flexibility index (Phi) is 6.26. The molecule has 1 unspecified atom stereocenters. The maximum atomic E-state index is 14.2. The number of aliphatic hydroxyl groups is 4. The first-order valence-corrected chi connectivity index (χ1v) is 13.5. The highest BCUT2D eigenvalue weighted by Crippen LogP contribution is 2.74. The second-order valence-corrected chi connectivity index (χ2v) is 14.3. The van der Waals surface area contributed by atoms with E-state index in [4.69, 9.17) is 0 Å². The molecule has 4 N–H and O–H groups in total. The first kappa shape index (κ1) is 28.3. The van der Waals surface area contributed by atoms with E-state index in [1.807, 2.05) is 27.7 Å². The molecule has 7 heteroatoms. The molecule has 9 atom stereocenters. The lowest BCUT2D eigenvalue weighted by molar-refractivity contribution is -0.183. The first-order chi connectivity index (χ1) is 16.7. The van der Waals surface area contributed by atoms with E-state index in [0.29, 0.717) is 12.8 Å². The number of aliphatic hydroxyl groups excluding tert-OH is 2. The molecule has 0 radical (unpaired) electrons. The zero-order valence-electron chi connectivity index (χ0n) is 23.5. The van der Waals surface area contributed by atoms with Crippen LogP contribution in [0.3, 0.4) is 0 Å². The highest BCUT2D eigenvalue weighted by molar-refractivity contribution is 5.97. The monoisotopic (exact) mass is 516 g/mol. The summed E-state index contributed by atoms with van der Waals surface area (Å²) in [6, 6.07) is 0. The molecule has 206 valence electrons. The average Bonchev–Trinajstić information content (AvgIpc) is 2.96. The molecule has 37 heavy (non-hydrogen) atoms. The van der Waals surface area contributed by atoms with Gasteiger partial charge in [-0.3, -0.25) is 14.4 Å². The number of Topliss-reactive ketones (excluding diaryl/α,β-unsaturated/α-hetero) is 2. The van der Waals surface area contributed by atoms with Gasteiger partial charge in [0, 0.05) is 29.6 Å². The van der Waals surface area contributed by atoms with E-state index in [-0.39, 0.29) is 36.2 Å². The van der Waals surface area contributed by atoms with E-state index in [1.165, 1.54) is 26.8 Å². The van der Waals surface area contributed by atoms with Crippen molar-refractivity contribution in [3.63, 3.8) is 0 Å². The minimum absolute atomic E-state index is 0.0255. The Hall–Kier alpha value is -1.67. The fourth-order valence-electron chi connectivity index (χ4n) is 8.95. The Morgan fingerprint density at radius 2 is 1.62 bits per heavy atom. The van der Waals surface area contributed by atoms with E-state index in [1.54, 1.807) is 0 Å². The number of fused-ring (bicyclic) bond motifs is 5. The van der Waals surface area contributed by atoms with Gasteiger partial charge in [-0.05, 0) is 62.4 Å². The number of carbonyl (C=O) groups excluding carboxylic acids is 3. The summed E-state index contributed by atoms with van der Waals surface area (Å²) in [5.41, 5.74) is -5.36. The fourth-order valence-corrected chi connectivity index (χ4v) is 8.95. The summed E-state index contributed by atoms with van der Waals surface area (Å²) in [7, 11) is 0. The van der Waals surface area contributed by atoms with Crippen LogP contribution in [0.25, 0.3) is 0 Å². The van der Waals surface area contributed by atoms with Crippen LogP contribution < -0.4 is 0 Å². The van der Waals surface area contributed by atoms with Crippen LogP contribution in [0.4, 0.5) is 0 Å². The lowest BCUT2D eigenvalue weighted by Crippen LogP contribution is -2.65. The Balaban J connectivity index is 1.80. The van der Waals surface area contributed by atoms with Crippen LogP contribution in [0.5, 0.6) is 0 Å². The topological polar surface area (TPSA) is 132 Å². The molecule has 4 rings (SSSR count). The molecule has 0 aliphatic heterocycles. The number of carbonyl (C=O) groups is 3. The zero-order chi connectivity index (χ0) is 28.1. The highest BCUT2D eigenvalue weighted by Gasteiger charge is 2.74. The van der Waals surface area contributed by atoms with Crippen molar-refractivity contribution in [2.24, 2.45) is 39.4 Å². The van der Waals surface area contributed by atoms with Crippen molar-refractivity contribution < 1.29 is 34.8 Å². The van der Waals surface area contributed by atoms with Crippen LogP contribution >= 0.6 is 0 Å². The third-order valence-corrected chi connectivity index (χ3v) is 11.2. The third-order valence-electron chi connectivity index (χ3n) is 11.2. The van der Waals surface area contributed by atoms with Crippen LogP contribution in [0.1, 0.15) is 81.1 Å². The van der Waals surface area contributed by atoms with Crippen LogP contribution in [0.2, 0.25) is 0 Å². The van der Waals surface area contributed by atoms with Gasteiger partial charge in [-0.25, -0.2) is 0 Å². The Morgan fingerprint density at radius 1 is 1.03 bits per heavy atom. The molecule has 3 saturated carbocycles. The van der Waals surface area contributed by atoms with Crippen molar-refractivity contribution in [2.75, 3.05) is 0 Å². The summed E-state index contributed by atoms with van der Waals surface area (Å²) in [4.78, 5) is 40.3. The smallest absolute Gasteiger partial charge is 0.187 e. The van der Waals surface area contributed by atoms with Crippen molar-refractivity contribution >= 4 is 17.3 Å². The van der Waals surface area contributed by atoms with Gasteiger partial charge in [0.2, 0.25) is 0 Å². The Labute approximate surface area is 220 Å². The number of hydrogen-bond donors (Lipinski definition) is 4. The maximum absolute atomic E-state index is 14.2. The summed E-state index contributed by atoms with van der Waals surface area (Å²) < 4.78 is 0. The molecular formula is C30H44O7. The van der Waals surface area contributed by atoms with Gasteiger partial charge in [-0.2, -0.15) is 0 Å². The number of ketones is 3. The van der Waals surface area contributed by atoms with Crippen molar-refractivity contribution in [1.82, 2.24) is 0 Å². The molecule has 0 saturated heterocycles. The van der Waals surface area contributed by atoms with Gasteiger partial charge < -0.3 is 20.4 Å². The molecule has 0 heterocycles. The van der Waals surface area contributed by atoms with Gasteiger partial charge in [0.05, 0.1) is 11.7 Å². The summed E-state index contributed by atoms with van der Waals surface area (Å²) in [6.45, 7) is 14.1. The molecule has 0 aromatic rings. The lowest BCUT2D eigenvalue weighted by atomic mass is 9.38. The Morgan fingerprint density at radius 3 is 2.19 bits per heavy atom. The number of hydrogen-bond acceptors (Lipinski definition) is 7. The Bertz CT molecular complexity index is 1090. The average molecular weight is 517 g/mol. The molecule has 0 aromatic heterocycles. The van der Waals surface area contributed by atoms with Crippen molar-refractivity contribution in [1.29, 1.82) is 0 Å². The van der Waals surface area contributed by atoms with Gasteiger partial charge >= 0.3 is 0 Å². The predicted octanol–water partition coefficient (Wildman–Crippen LogP) is 2.93. The summed E-state index contributed by atoms with van der Waals surface area (Å²) in [5, 5.41) is 43.7. The molecule has 0 aromatic carbocycles. The normalized spacial score (nSPS) is 45.1. The second-order valence-electron chi connectivity index (χ2n) is 14.3. The van der Waals surface area contributed by atoms with Crippen molar-refractivity contribution in [3.05, 3.63) is 23.8 Å².